The van der Waals surface area contributed by atoms with Crippen LogP contribution in [0.25, 0.3) is 0 Å². The molecule has 0 aliphatic carbocycles. The molecule has 0 aromatic heterocycles. The highest BCUT2D eigenvalue weighted by Crippen LogP contribution is 2.14. The largest absolute Gasteiger partial charge is 0.330 e. The summed E-state index contributed by atoms with van der Waals surface area (Å²) in [6.07, 6.45) is 1.31. The maximum Gasteiger partial charge on any atom is 0.237 e. The van der Waals surface area contributed by atoms with E-state index in [2.05, 4.69) is 0 Å². The molecule has 76 valence electrons. The summed E-state index contributed by atoms with van der Waals surface area (Å²) in [5.74, 6) is -0.205. The van der Waals surface area contributed by atoms with Crippen LogP contribution in [0.3, 0.4) is 0 Å². The number of rotatable bonds is 3. The predicted molar refractivity (Wildman–Crippen MR) is 48.4 cm³/mol. The summed E-state index contributed by atoms with van der Waals surface area (Å²) >= 11 is 0. The zero-order valence-corrected chi connectivity index (χ0v) is 8.22. The van der Waals surface area contributed by atoms with Crippen molar-refractivity contribution in [1.82, 2.24) is 4.31 Å². The van der Waals surface area contributed by atoms with Gasteiger partial charge >= 0.3 is 0 Å². The lowest BCUT2D eigenvalue weighted by Crippen LogP contribution is -2.43. The van der Waals surface area contributed by atoms with Crippen molar-refractivity contribution in [2.45, 2.75) is 19.3 Å². The highest BCUT2D eigenvalue weighted by molar-refractivity contribution is 7.89. The first-order valence-corrected chi connectivity index (χ1v) is 5.92. The van der Waals surface area contributed by atoms with Crippen LogP contribution in [-0.2, 0) is 14.8 Å². The fourth-order valence-corrected chi connectivity index (χ4v) is 2.83. The topological polar surface area (TPSA) is 80.5 Å². The fourth-order valence-electron chi connectivity index (χ4n) is 1.29. The first kappa shape index (κ1) is 10.5. The Morgan fingerprint density at radius 3 is 2.69 bits per heavy atom. The molecule has 1 rings (SSSR count). The van der Waals surface area contributed by atoms with Crippen molar-refractivity contribution in [3.63, 3.8) is 0 Å². The van der Waals surface area contributed by atoms with Crippen LogP contribution in [0, 0.1) is 0 Å². The molecular weight excluding hydrogens is 192 g/mol. The van der Waals surface area contributed by atoms with Crippen molar-refractivity contribution in [3.05, 3.63) is 0 Å². The van der Waals surface area contributed by atoms with Gasteiger partial charge in [-0.05, 0) is 19.4 Å². The van der Waals surface area contributed by atoms with Crippen molar-refractivity contribution in [1.29, 1.82) is 0 Å². The van der Waals surface area contributed by atoms with Crippen LogP contribution in [0.2, 0.25) is 0 Å². The van der Waals surface area contributed by atoms with E-state index in [-0.39, 0.29) is 18.2 Å². The highest BCUT2D eigenvalue weighted by Gasteiger charge is 2.30. The van der Waals surface area contributed by atoms with Gasteiger partial charge in [0, 0.05) is 13.0 Å². The molecule has 1 heterocycles. The molecule has 0 atom stereocenters. The van der Waals surface area contributed by atoms with Crippen LogP contribution in [0.4, 0.5) is 0 Å². The Morgan fingerprint density at radius 2 is 2.15 bits per heavy atom. The van der Waals surface area contributed by atoms with E-state index >= 15 is 0 Å². The molecule has 0 unspecified atom stereocenters. The molecule has 0 aromatic carbocycles. The number of amides is 1. The Kier molecular flexibility index (Phi) is 3.27. The fraction of sp³-hybridized carbons (Fsp3) is 0.857. The van der Waals surface area contributed by atoms with Gasteiger partial charge in [-0.2, -0.15) is 0 Å². The van der Waals surface area contributed by atoms with Crippen molar-refractivity contribution in [3.8, 4) is 0 Å². The Bertz CT molecular complexity index is 286. The van der Waals surface area contributed by atoms with E-state index in [0.717, 1.165) is 4.31 Å². The maximum absolute atomic E-state index is 11.4. The van der Waals surface area contributed by atoms with E-state index in [1.54, 1.807) is 0 Å². The average molecular weight is 206 g/mol. The Hall–Kier alpha value is -0.620. The van der Waals surface area contributed by atoms with Gasteiger partial charge < -0.3 is 5.73 Å². The van der Waals surface area contributed by atoms with Gasteiger partial charge in [0.2, 0.25) is 15.9 Å². The number of carbonyl (C=O) groups is 1. The lowest BCUT2D eigenvalue weighted by molar-refractivity contribution is -0.127. The normalized spacial score (nSPS) is 21.9. The molecule has 5 nitrogen and oxygen atoms in total. The summed E-state index contributed by atoms with van der Waals surface area (Å²) in [5.41, 5.74) is 5.25. The van der Waals surface area contributed by atoms with Crippen LogP contribution >= 0.6 is 0 Å². The number of hydrogen-bond donors (Lipinski definition) is 1. The Morgan fingerprint density at radius 1 is 1.46 bits per heavy atom. The van der Waals surface area contributed by atoms with Crippen molar-refractivity contribution >= 4 is 15.9 Å². The summed E-state index contributed by atoms with van der Waals surface area (Å²) in [7, 11) is -3.32. The van der Waals surface area contributed by atoms with Gasteiger partial charge in [-0.1, -0.05) is 0 Å². The van der Waals surface area contributed by atoms with E-state index < -0.39 is 10.0 Å². The molecule has 0 radical (unpaired) electrons. The minimum atomic E-state index is -3.32. The summed E-state index contributed by atoms with van der Waals surface area (Å²) in [6.45, 7) is 0.636. The van der Waals surface area contributed by atoms with Gasteiger partial charge in [0.1, 0.15) is 0 Å². The van der Waals surface area contributed by atoms with Crippen LogP contribution < -0.4 is 5.73 Å². The van der Waals surface area contributed by atoms with Gasteiger partial charge in [0.15, 0.2) is 0 Å². The van der Waals surface area contributed by atoms with Crippen molar-refractivity contribution in [2.24, 2.45) is 5.73 Å². The molecule has 1 fully saturated rings. The summed E-state index contributed by atoms with van der Waals surface area (Å²) in [5, 5.41) is 0. The first-order valence-electron chi connectivity index (χ1n) is 4.31. The number of nitrogens with two attached hydrogens (primary N) is 1. The second-order valence-corrected chi connectivity index (χ2v) is 5.04. The molecule has 0 spiro atoms. The lowest BCUT2D eigenvalue weighted by atomic mass is 10.3. The predicted octanol–water partition coefficient (Wildman–Crippen LogP) is -0.713. The van der Waals surface area contributed by atoms with Crippen molar-refractivity contribution in [2.75, 3.05) is 18.8 Å². The number of sulfonamides is 1. The molecular formula is C7H14N2O3S. The molecule has 6 heteroatoms. The van der Waals surface area contributed by atoms with Gasteiger partial charge in [0.25, 0.3) is 0 Å². The second kappa shape index (κ2) is 4.06. The van der Waals surface area contributed by atoms with Crippen LogP contribution in [-0.4, -0.2) is 37.5 Å². The molecule has 0 saturated carbocycles. The van der Waals surface area contributed by atoms with E-state index in [4.69, 9.17) is 5.73 Å². The Labute approximate surface area is 77.9 Å². The lowest BCUT2D eigenvalue weighted by Gasteiger charge is -2.25. The summed E-state index contributed by atoms with van der Waals surface area (Å²) in [4.78, 5) is 11.2. The van der Waals surface area contributed by atoms with E-state index in [9.17, 15) is 13.2 Å². The molecule has 1 aliphatic rings. The standard InChI is InChI=1S/C7H14N2O3S/c8-4-2-5-9-7(10)3-1-6-13(9,11)12/h1-6,8H2. The van der Waals surface area contributed by atoms with Gasteiger partial charge in [-0.15, -0.1) is 0 Å². The number of nitrogens with zero attached hydrogens (tertiary/aromatic N) is 1. The smallest absolute Gasteiger partial charge is 0.237 e. The van der Waals surface area contributed by atoms with Crippen LogP contribution in [0.15, 0.2) is 0 Å². The molecule has 1 aliphatic heterocycles. The minimum Gasteiger partial charge on any atom is -0.330 e. The SMILES string of the molecule is NCCCN1C(=O)CCCS1(=O)=O. The maximum atomic E-state index is 11.4. The second-order valence-electron chi connectivity index (χ2n) is 3.03. The highest BCUT2D eigenvalue weighted by atomic mass is 32.2. The van der Waals surface area contributed by atoms with E-state index in [1.165, 1.54) is 0 Å². The molecule has 1 amide bonds. The quantitative estimate of drug-likeness (QED) is 0.661. The van der Waals surface area contributed by atoms with E-state index in [0.29, 0.717) is 25.8 Å². The summed E-state index contributed by atoms with van der Waals surface area (Å²) in [6, 6.07) is 0. The zero-order chi connectivity index (χ0) is 9.90. The third kappa shape index (κ3) is 2.41. The first-order chi connectivity index (χ1) is 6.08. The number of carbonyl (C=O) groups excluding carboxylic acids is 1. The molecule has 2 N–H and O–H groups in total. The number of hydrogen-bond acceptors (Lipinski definition) is 4. The van der Waals surface area contributed by atoms with Gasteiger partial charge in [-0.3, -0.25) is 4.79 Å². The molecule has 0 bridgehead atoms. The van der Waals surface area contributed by atoms with Crippen LogP contribution in [0.1, 0.15) is 19.3 Å². The third-order valence-electron chi connectivity index (χ3n) is 1.97. The molecule has 1 saturated heterocycles. The summed E-state index contributed by atoms with van der Waals surface area (Å²) < 4.78 is 23.7. The monoisotopic (exact) mass is 206 g/mol. The van der Waals surface area contributed by atoms with Crippen LogP contribution in [0.5, 0.6) is 0 Å². The van der Waals surface area contributed by atoms with Gasteiger partial charge in [-0.25, -0.2) is 12.7 Å². The third-order valence-corrected chi connectivity index (χ3v) is 3.83. The molecule has 13 heavy (non-hydrogen) atoms. The Balaban J connectivity index is 2.70. The van der Waals surface area contributed by atoms with Gasteiger partial charge in [0.05, 0.1) is 5.75 Å². The minimum absolute atomic E-state index is 0.0866. The van der Waals surface area contributed by atoms with Crippen molar-refractivity contribution < 1.29 is 13.2 Å². The zero-order valence-electron chi connectivity index (χ0n) is 7.40. The van der Waals surface area contributed by atoms with E-state index in [1.807, 2.05) is 0 Å². The average Bonchev–Trinajstić information content (AvgIpc) is 2.02. The molecule has 0 aromatic rings.